The number of carbonyl (C=O) groups is 1. The summed E-state index contributed by atoms with van der Waals surface area (Å²) in [4.78, 5) is 12.2. The van der Waals surface area contributed by atoms with Gasteiger partial charge in [0.25, 0.3) is 5.91 Å². The average Bonchev–Trinajstić information content (AvgIpc) is 2.74. The maximum Gasteiger partial charge on any atom is 0.253 e. The molecule has 2 N–H and O–H groups in total. The summed E-state index contributed by atoms with van der Waals surface area (Å²) in [6.45, 7) is 10.1. The normalized spacial score (nSPS) is 18.1. The van der Waals surface area contributed by atoms with Crippen molar-refractivity contribution in [2.45, 2.75) is 46.6 Å². The molecule has 120 valence electrons. The fourth-order valence-electron chi connectivity index (χ4n) is 3.17. The fraction of sp³-hybridized carbons (Fsp3) is 0.688. The lowest BCUT2D eigenvalue weighted by Gasteiger charge is -2.22. The predicted molar refractivity (Wildman–Crippen MR) is 89.4 cm³/mol. The van der Waals surface area contributed by atoms with E-state index in [1.807, 2.05) is 13.0 Å². The number of nitrogens with zero attached hydrogens (tertiary/aromatic N) is 1. The molecule has 0 aliphatic carbocycles. The van der Waals surface area contributed by atoms with Gasteiger partial charge in [-0.2, -0.15) is 0 Å². The maximum atomic E-state index is 12.2. The van der Waals surface area contributed by atoms with Gasteiger partial charge in [-0.3, -0.25) is 4.79 Å². The van der Waals surface area contributed by atoms with Gasteiger partial charge in [-0.05, 0) is 65.1 Å². The molecular formula is C16H28ClN3O. The van der Waals surface area contributed by atoms with Crippen molar-refractivity contribution in [1.29, 1.82) is 0 Å². The van der Waals surface area contributed by atoms with Gasteiger partial charge in [0.1, 0.15) is 0 Å². The van der Waals surface area contributed by atoms with E-state index < -0.39 is 0 Å². The van der Waals surface area contributed by atoms with Crippen LogP contribution in [0.1, 0.15) is 47.9 Å². The Morgan fingerprint density at radius 2 is 2.24 bits per heavy atom. The second-order valence-corrected chi connectivity index (χ2v) is 5.79. The Morgan fingerprint density at radius 3 is 2.81 bits per heavy atom. The van der Waals surface area contributed by atoms with E-state index in [-0.39, 0.29) is 18.3 Å². The third kappa shape index (κ3) is 4.48. The summed E-state index contributed by atoms with van der Waals surface area (Å²) >= 11 is 0. The first-order valence-corrected chi connectivity index (χ1v) is 7.79. The van der Waals surface area contributed by atoms with E-state index in [1.165, 1.54) is 12.8 Å². The van der Waals surface area contributed by atoms with E-state index in [0.29, 0.717) is 5.92 Å². The fourth-order valence-corrected chi connectivity index (χ4v) is 3.17. The molecule has 0 spiro atoms. The highest BCUT2D eigenvalue weighted by Gasteiger charge is 2.16. The number of rotatable bonds is 5. The van der Waals surface area contributed by atoms with Crippen LogP contribution < -0.4 is 10.6 Å². The Morgan fingerprint density at radius 1 is 1.48 bits per heavy atom. The lowest BCUT2D eigenvalue weighted by atomic mass is 9.96. The highest BCUT2D eigenvalue weighted by Crippen LogP contribution is 2.16. The molecule has 0 radical (unpaired) electrons. The third-order valence-corrected chi connectivity index (χ3v) is 4.37. The molecule has 2 rings (SSSR count). The molecule has 1 aliphatic rings. The summed E-state index contributed by atoms with van der Waals surface area (Å²) in [5.41, 5.74) is 3.06. The Hall–Kier alpha value is -1.00. The number of hydrogen-bond donors (Lipinski definition) is 2. The molecular weight excluding hydrogens is 286 g/mol. The molecule has 1 atom stereocenters. The quantitative estimate of drug-likeness (QED) is 0.878. The number of nitrogens with one attached hydrogen (secondary N) is 2. The smallest absolute Gasteiger partial charge is 0.253 e. The van der Waals surface area contributed by atoms with E-state index in [0.717, 1.165) is 49.6 Å². The van der Waals surface area contributed by atoms with Gasteiger partial charge in [0, 0.05) is 24.5 Å². The first kappa shape index (κ1) is 18.1. The third-order valence-electron chi connectivity index (χ3n) is 4.37. The molecule has 1 fully saturated rings. The lowest BCUT2D eigenvalue weighted by Crippen LogP contribution is -2.33. The molecule has 2 heterocycles. The van der Waals surface area contributed by atoms with Gasteiger partial charge < -0.3 is 15.2 Å². The first-order chi connectivity index (χ1) is 9.63. The van der Waals surface area contributed by atoms with Crippen LogP contribution >= 0.6 is 12.4 Å². The second kappa shape index (κ2) is 8.44. The molecule has 4 nitrogen and oxygen atoms in total. The summed E-state index contributed by atoms with van der Waals surface area (Å²) in [7, 11) is 0. The number of aryl methyl sites for hydroxylation is 1. The van der Waals surface area contributed by atoms with Crippen molar-refractivity contribution in [2.75, 3.05) is 19.6 Å². The SMILES string of the molecule is CCn1c(C)cc(C(=O)NCCC2CCCNC2)c1C.Cl. The van der Waals surface area contributed by atoms with Crippen molar-refractivity contribution < 1.29 is 4.79 Å². The lowest BCUT2D eigenvalue weighted by molar-refractivity contribution is 0.0950. The summed E-state index contributed by atoms with van der Waals surface area (Å²) < 4.78 is 2.18. The standard InChI is InChI=1S/C16H27N3O.ClH/c1-4-19-12(2)10-15(13(19)3)16(20)18-9-7-14-6-5-8-17-11-14;/h10,14,17H,4-9,11H2,1-3H3,(H,18,20);1H. The van der Waals surface area contributed by atoms with Crippen molar-refractivity contribution in [3.05, 3.63) is 23.0 Å². The van der Waals surface area contributed by atoms with E-state index in [9.17, 15) is 4.79 Å². The summed E-state index contributed by atoms with van der Waals surface area (Å²) in [6.07, 6.45) is 3.62. The van der Waals surface area contributed by atoms with Crippen LogP contribution in [0.2, 0.25) is 0 Å². The molecule has 0 saturated carbocycles. The minimum atomic E-state index is 0. The van der Waals surface area contributed by atoms with Crippen molar-refractivity contribution in [3.63, 3.8) is 0 Å². The molecule has 1 aliphatic heterocycles. The van der Waals surface area contributed by atoms with E-state index in [2.05, 4.69) is 29.0 Å². The number of aromatic nitrogens is 1. The van der Waals surface area contributed by atoms with Crippen LogP contribution in [0.4, 0.5) is 0 Å². The summed E-state index contributed by atoms with van der Waals surface area (Å²) in [5, 5.41) is 6.49. The summed E-state index contributed by atoms with van der Waals surface area (Å²) in [5.74, 6) is 0.786. The molecule has 1 unspecified atom stereocenters. The van der Waals surface area contributed by atoms with Gasteiger partial charge in [-0.1, -0.05) is 0 Å². The van der Waals surface area contributed by atoms with Crippen LogP contribution in [0.5, 0.6) is 0 Å². The van der Waals surface area contributed by atoms with E-state index in [1.54, 1.807) is 0 Å². The van der Waals surface area contributed by atoms with Crippen LogP contribution in [0.25, 0.3) is 0 Å². The Bertz CT molecular complexity index is 464. The maximum absolute atomic E-state index is 12.2. The highest BCUT2D eigenvalue weighted by molar-refractivity contribution is 5.95. The molecule has 5 heteroatoms. The van der Waals surface area contributed by atoms with Gasteiger partial charge in [-0.25, -0.2) is 0 Å². The average molecular weight is 314 g/mol. The largest absolute Gasteiger partial charge is 0.352 e. The second-order valence-electron chi connectivity index (χ2n) is 5.79. The van der Waals surface area contributed by atoms with Crippen LogP contribution in [-0.2, 0) is 6.54 Å². The summed E-state index contributed by atoms with van der Waals surface area (Å²) in [6, 6.07) is 2.00. The number of halogens is 1. The Kier molecular flexibility index (Phi) is 7.26. The van der Waals surface area contributed by atoms with Crippen molar-refractivity contribution in [3.8, 4) is 0 Å². The minimum Gasteiger partial charge on any atom is -0.352 e. The van der Waals surface area contributed by atoms with Gasteiger partial charge >= 0.3 is 0 Å². The Labute approximate surface area is 134 Å². The zero-order chi connectivity index (χ0) is 14.5. The molecule has 0 aromatic carbocycles. The predicted octanol–water partition coefficient (Wildman–Crippen LogP) is 2.67. The van der Waals surface area contributed by atoms with Crippen LogP contribution in [0, 0.1) is 19.8 Å². The van der Waals surface area contributed by atoms with Crippen LogP contribution in [-0.4, -0.2) is 30.1 Å². The van der Waals surface area contributed by atoms with Gasteiger partial charge in [0.2, 0.25) is 0 Å². The molecule has 0 bridgehead atoms. The van der Waals surface area contributed by atoms with E-state index >= 15 is 0 Å². The number of amides is 1. The Balaban J connectivity index is 0.00000220. The number of carbonyl (C=O) groups excluding carboxylic acids is 1. The van der Waals surface area contributed by atoms with Crippen LogP contribution in [0.3, 0.4) is 0 Å². The van der Waals surface area contributed by atoms with Crippen LogP contribution in [0.15, 0.2) is 6.07 Å². The van der Waals surface area contributed by atoms with Crippen molar-refractivity contribution in [1.82, 2.24) is 15.2 Å². The van der Waals surface area contributed by atoms with E-state index in [4.69, 9.17) is 0 Å². The zero-order valence-electron chi connectivity index (χ0n) is 13.4. The topological polar surface area (TPSA) is 46.1 Å². The monoisotopic (exact) mass is 313 g/mol. The molecule has 1 aromatic heterocycles. The molecule has 1 saturated heterocycles. The highest BCUT2D eigenvalue weighted by atomic mass is 35.5. The minimum absolute atomic E-state index is 0. The number of hydrogen-bond acceptors (Lipinski definition) is 2. The van der Waals surface area contributed by atoms with Gasteiger partial charge in [0.05, 0.1) is 5.56 Å². The van der Waals surface area contributed by atoms with Crippen molar-refractivity contribution in [2.24, 2.45) is 5.92 Å². The zero-order valence-corrected chi connectivity index (χ0v) is 14.2. The van der Waals surface area contributed by atoms with Crippen molar-refractivity contribution >= 4 is 18.3 Å². The van der Waals surface area contributed by atoms with Gasteiger partial charge in [0.15, 0.2) is 0 Å². The molecule has 1 amide bonds. The number of piperidine rings is 1. The molecule has 1 aromatic rings. The van der Waals surface area contributed by atoms with Gasteiger partial charge in [-0.15, -0.1) is 12.4 Å². The molecule has 21 heavy (non-hydrogen) atoms. The first-order valence-electron chi connectivity index (χ1n) is 7.79.